The molecule has 0 bridgehead atoms. The molecule has 0 radical (unpaired) electrons. The maximum atomic E-state index is 13.1. The van der Waals surface area contributed by atoms with Crippen molar-refractivity contribution in [1.29, 1.82) is 0 Å². The van der Waals surface area contributed by atoms with E-state index < -0.39 is 16.1 Å². The first-order valence-corrected chi connectivity index (χ1v) is 11.0. The molecule has 0 spiro atoms. The number of rotatable bonds is 4. The Morgan fingerprint density at radius 3 is 2.48 bits per heavy atom. The van der Waals surface area contributed by atoms with E-state index in [9.17, 15) is 8.42 Å². The summed E-state index contributed by atoms with van der Waals surface area (Å²) in [6.07, 6.45) is 5.68. The summed E-state index contributed by atoms with van der Waals surface area (Å²) in [4.78, 5) is 0.324. The predicted octanol–water partition coefficient (Wildman–Crippen LogP) is 3.19. The minimum absolute atomic E-state index is 0.175. The first-order chi connectivity index (χ1) is 13.0. The fraction of sp³-hybridized carbons (Fsp3) is 0.579. The zero-order chi connectivity index (χ0) is 18.9. The Morgan fingerprint density at radius 2 is 1.81 bits per heavy atom. The summed E-state index contributed by atoms with van der Waals surface area (Å²) >= 11 is 0. The summed E-state index contributed by atoms with van der Waals surface area (Å²) in [6.45, 7) is 2.48. The normalized spacial score (nSPS) is 22.8. The number of aromatic nitrogens is 2. The lowest BCUT2D eigenvalue weighted by Crippen LogP contribution is -2.42. The van der Waals surface area contributed by atoms with Crippen LogP contribution in [0.4, 0.5) is 0 Å². The van der Waals surface area contributed by atoms with E-state index in [0.29, 0.717) is 35.7 Å². The van der Waals surface area contributed by atoms with Crippen LogP contribution in [-0.4, -0.2) is 42.6 Å². The number of nitrogens with zero attached hydrogens (tertiary/aromatic N) is 3. The van der Waals surface area contributed by atoms with Gasteiger partial charge in [-0.15, -0.1) is 10.2 Å². The molecule has 1 aromatic carbocycles. The first kappa shape index (κ1) is 18.6. The van der Waals surface area contributed by atoms with Gasteiger partial charge in [0.25, 0.3) is 0 Å². The van der Waals surface area contributed by atoms with Crippen molar-refractivity contribution < 1.29 is 17.6 Å². The van der Waals surface area contributed by atoms with Gasteiger partial charge in [-0.3, -0.25) is 0 Å². The monoisotopic (exact) mass is 391 g/mol. The Morgan fingerprint density at radius 1 is 1.07 bits per heavy atom. The van der Waals surface area contributed by atoms with Crippen molar-refractivity contribution in [3.8, 4) is 0 Å². The van der Waals surface area contributed by atoms with Gasteiger partial charge >= 0.3 is 0 Å². The quantitative estimate of drug-likeness (QED) is 0.796. The molecule has 1 aliphatic heterocycles. The molecule has 2 fully saturated rings. The van der Waals surface area contributed by atoms with Crippen molar-refractivity contribution >= 4 is 10.0 Å². The highest BCUT2D eigenvalue weighted by atomic mass is 32.2. The van der Waals surface area contributed by atoms with E-state index in [1.165, 1.54) is 42.0 Å². The average molecular weight is 391 g/mol. The SMILES string of the molecule is Cc1nnc([C@H]2CN(S(=O)(=O)c3ccc(C4CCCCC4)cc3)CCO2)o1. The molecule has 1 aromatic heterocycles. The van der Waals surface area contributed by atoms with Crippen LogP contribution in [0.1, 0.15) is 61.5 Å². The van der Waals surface area contributed by atoms with E-state index >= 15 is 0 Å². The van der Waals surface area contributed by atoms with Gasteiger partial charge in [0, 0.05) is 20.0 Å². The summed E-state index contributed by atoms with van der Waals surface area (Å²) < 4.78 is 38.6. The van der Waals surface area contributed by atoms with Crippen molar-refractivity contribution in [2.45, 2.75) is 55.9 Å². The van der Waals surface area contributed by atoms with Gasteiger partial charge in [0.15, 0.2) is 0 Å². The molecule has 8 heteroatoms. The second kappa shape index (κ2) is 7.69. The fourth-order valence-electron chi connectivity index (χ4n) is 3.93. The van der Waals surface area contributed by atoms with Crippen LogP contribution in [0.2, 0.25) is 0 Å². The van der Waals surface area contributed by atoms with Crippen molar-refractivity contribution in [2.75, 3.05) is 19.7 Å². The lowest BCUT2D eigenvalue weighted by atomic mass is 9.84. The summed E-state index contributed by atoms with van der Waals surface area (Å²) in [5.74, 6) is 1.32. The van der Waals surface area contributed by atoms with Crippen molar-refractivity contribution in [3.63, 3.8) is 0 Å². The van der Waals surface area contributed by atoms with Gasteiger partial charge < -0.3 is 9.15 Å². The van der Waals surface area contributed by atoms with Gasteiger partial charge in [0.05, 0.1) is 11.5 Å². The number of hydrogen-bond acceptors (Lipinski definition) is 6. The van der Waals surface area contributed by atoms with Crippen LogP contribution in [0, 0.1) is 6.92 Å². The summed E-state index contributed by atoms with van der Waals surface area (Å²) in [5.41, 5.74) is 1.25. The third-order valence-electron chi connectivity index (χ3n) is 5.44. The second-order valence-electron chi connectivity index (χ2n) is 7.29. The highest BCUT2D eigenvalue weighted by Gasteiger charge is 2.34. The largest absolute Gasteiger partial charge is 0.423 e. The lowest BCUT2D eigenvalue weighted by Gasteiger charge is -2.30. The molecule has 146 valence electrons. The van der Waals surface area contributed by atoms with Gasteiger partial charge in [0.2, 0.25) is 21.8 Å². The number of hydrogen-bond donors (Lipinski definition) is 0. The molecule has 4 rings (SSSR count). The van der Waals surface area contributed by atoms with E-state index in [2.05, 4.69) is 10.2 Å². The molecular weight excluding hydrogens is 366 g/mol. The molecule has 2 aliphatic rings. The maximum absolute atomic E-state index is 13.1. The molecule has 27 heavy (non-hydrogen) atoms. The molecule has 1 saturated heterocycles. The molecule has 2 heterocycles. The zero-order valence-electron chi connectivity index (χ0n) is 15.5. The number of benzene rings is 1. The number of sulfonamides is 1. The Bertz CT molecular complexity index is 873. The third-order valence-corrected chi connectivity index (χ3v) is 7.32. The molecular formula is C19H25N3O4S. The minimum Gasteiger partial charge on any atom is -0.423 e. The first-order valence-electron chi connectivity index (χ1n) is 9.56. The van der Waals surface area contributed by atoms with Crippen LogP contribution in [0.5, 0.6) is 0 Å². The van der Waals surface area contributed by atoms with Gasteiger partial charge in [-0.1, -0.05) is 31.4 Å². The van der Waals surface area contributed by atoms with Crippen LogP contribution in [0.15, 0.2) is 33.6 Å². The Kier molecular flexibility index (Phi) is 5.29. The Hall–Kier alpha value is -1.77. The van der Waals surface area contributed by atoms with E-state index in [1.54, 1.807) is 19.1 Å². The van der Waals surface area contributed by atoms with Crippen LogP contribution >= 0.6 is 0 Å². The topological polar surface area (TPSA) is 85.5 Å². The van der Waals surface area contributed by atoms with E-state index in [1.807, 2.05) is 12.1 Å². The van der Waals surface area contributed by atoms with Crippen molar-refractivity contribution in [1.82, 2.24) is 14.5 Å². The fourth-order valence-corrected chi connectivity index (χ4v) is 5.36. The number of morpholine rings is 1. The molecule has 1 aliphatic carbocycles. The van der Waals surface area contributed by atoms with Gasteiger partial charge in [-0.05, 0) is 36.5 Å². The van der Waals surface area contributed by atoms with Gasteiger partial charge in [-0.25, -0.2) is 8.42 Å². The smallest absolute Gasteiger partial charge is 0.246 e. The standard InChI is InChI=1S/C19H25N3O4S/c1-14-20-21-19(26-14)18-13-22(11-12-25-18)27(23,24)17-9-7-16(8-10-17)15-5-3-2-4-6-15/h7-10,15,18H,2-6,11-13H2,1H3/t18-/m1/s1. The molecule has 2 aromatic rings. The predicted molar refractivity (Wildman–Crippen MR) is 98.8 cm³/mol. The summed E-state index contributed by atoms with van der Waals surface area (Å²) in [7, 11) is -3.58. The number of ether oxygens (including phenoxy) is 1. The van der Waals surface area contributed by atoms with Crippen LogP contribution < -0.4 is 0 Å². The Labute approximate surface area is 159 Å². The van der Waals surface area contributed by atoms with Crippen LogP contribution in [-0.2, 0) is 14.8 Å². The van der Waals surface area contributed by atoms with E-state index in [0.717, 1.165) is 0 Å². The average Bonchev–Trinajstić information content (AvgIpc) is 3.15. The maximum Gasteiger partial charge on any atom is 0.246 e. The lowest BCUT2D eigenvalue weighted by molar-refractivity contribution is -0.0176. The van der Waals surface area contributed by atoms with Gasteiger partial charge in [0.1, 0.15) is 6.10 Å². The summed E-state index contributed by atoms with van der Waals surface area (Å²) in [6, 6.07) is 7.42. The molecule has 0 N–H and O–H groups in total. The van der Waals surface area contributed by atoms with Crippen LogP contribution in [0.25, 0.3) is 0 Å². The molecule has 1 atom stereocenters. The van der Waals surface area contributed by atoms with E-state index in [-0.39, 0.29) is 6.54 Å². The van der Waals surface area contributed by atoms with E-state index in [4.69, 9.17) is 9.15 Å². The molecule has 7 nitrogen and oxygen atoms in total. The third kappa shape index (κ3) is 3.93. The molecule has 0 amide bonds. The zero-order valence-corrected chi connectivity index (χ0v) is 16.3. The molecule has 1 saturated carbocycles. The Balaban J connectivity index is 1.50. The van der Waals surface area contributed by atoms with Crippen molar-refractivity contribution in [2.24, 2.45) is 0 Å². The number of aryl methyl sites for hydroxylation is 1. The highest BCUT2D eigenvalue weighted by molar-refractivity contribution is 7.89. The summed E-state index contributed by atoms with van der Waals surface area (Å²) in [5, 5.41) is 7.76. The molecule has 0 unspecified atom stereocenters. The minimum atomic E-state index is -3.58. The second-order valence-corrected chi connectivity index (χ2v) is 9.22. The highest BCUT2D eigenvalue weighted by Crippen LogP contribution is 2.33. The van der Waals surface area contributed by atoms with Gasteiger partial charge in [-0.2, -0.15) is 4.31 Å². The van der Waals surface area contributed by atoms with Crippen molar-refractivity contribution in [3.05, 3.63) is 41.6 Å². The van der Waals surface area contributed by atoms with Crippen LogP contribution in [0.3, 0.4) is 0 Å².